The number of nitrogens with zero attached hydrogens (tertiary/aromatic N) is 6. The predicted molar refractivity (Wildman–Crippen MR) is 142 cm³/mol. The fraction of sp³-hybridized carbons (Fsp3) is 0.560. The molecule has 12 nitrogen and oxygen atoms in total. The van der Waals surface area contributed by atoms with E-state index in [0.29, 0.717) is 19.0 Å². The summed E-state index contributed by atoms with van der Waals surface area (Å²) in [6.07, 6.45) is 4.98. The van der Waals surface area contributed by atoms with Crippen molar-refractivity contribution >= 4 is 29.7 Å². The number of urea groups is 1. The number of hydrogen-bond donors (Lipinski definition) is 3. The molecule has 2 aliphatic heterocycles. The lowest BCUT2D eigenvalue weighted by Crippen LogP contribution is -2.55. The number of ether oxygens (including phenoxy) is 1. The van der Waals surface area contributed by atoms with Crippen molar-refractivity contribution < 1.29 is 23.8 Å². The number of methoxy groups -OCH3 is 1. The second-order valence-corrected chi connectivity index (χ2v) is 9.38. The van der Waals surface area contributed by atoms with Crippen LogP contribution < -0.4 is 15.5 Å². The van der Waals surface area contributed by atoms with Crippen molar-refractivity contribution in [2.75, 3.05) is 62.9 Å². The van der Waals surface area contributed by atoms with E-state index in [9.17, 15) is 14.0 Å². The molecule has 4 heterocycles. The molecule has 3 N–H and O–H groups in total. The van der Waals surface area contributed by atoms with Crippen LogP contribution in [0.1, 0.15) is 31.2 Å². The Bertz CT molecular complexity index is 1040. The zero-order chi connectivity index (χ0) is 27.5. The smallest absolute Gasteiger partial charge is 0.410 e. The lowest BCUT2D eigenvalue weighted by Gasteiger charge is -2.39. The third-order valence-corrected chi connectivity index (χ3v) is 6.43. The van der Waals surface area contributed by atoms with E-state index in [1.165, 1.54) is 56.6 Å². The lowest BCUT2D eigenvalue weighted by molar-refractivity contribution is 0.133. The summed E-state index contributed by atoms with van der Waals surface area (Å²) in [6.45, 7) is 3.54. The van der Waals surface area contributed by atoms with Gasteiger partial charge in [-0.1, -0.05) is 12.5 Å². The van der Waals surface area contributed by atoms with Crippen LogP contribution >= 0.6 is 0 Å². The zero-order valence-corrected chi connectivity index (χ0v) is 22.1. The molecule has 2 atom stereocenters. The van der Waals surface area contributed by atoms with Gasteiger partial charge in [-0.3, -0.25) is 10.6 Å². The van der Waals surface area contributed by atoms with E-state index in [2.05, 4.69) is 37.5 Å². The lowest BCUT2D eigenvalue weighted by atomic mass is 10.0. The molecule has 2 aliphatic rings. The van der Waals surface area contributed by atoms with Crippen LogP contribution in [0.5, 0.6) is 0 Å². The molecule has 2 saturated heterocycles. The van der Waals surface area contributed by atoms with Gasteiger partial charge in [-0.2, -0.15) is 4.98 Å². The molecule has 0 aliphatic carbocycles. The average Bonchev–Trinajstić information content (AvgIpc) is 2.90. The molecule has 0 aromatic carbocycles. The van der Waals surface area contributed by atoms with Gasteiger partial charge in [0.25, 0.3) is 0 Å². The van der Waals surface area contributed by atoms with Gasteiger partial charge < -0.3 is 24.5 Å². The summed E-state index contributed by atoms with van der Waals surface area (Å²) in [5.41, 5.74) is 0.861. The van der Waals surface area contributed by atoms with Crippen LogP contribution in [0.3, 0.4) is 0 Å². The summed E-state index contributed by atoms with van der Waals surface area (Å²) in [5.74, 6) is 0.716. The quantitative estimate of drug-likeness (QED) is 0.512. The first-order valence-electron chi connectivity index (χ1n) is 12.6. The van der Waals surface area contributed by atoms with Crippen molar-refractivity contribution in [2.45, 2.75) is 44.5 Å². The number of nitrogens with one attached hydrogen (secondary N) is 2. The topological polar surface area (TPSA) is 136 Å². The first kappa shape index (κ1) is 29.0. The maximum Gasteiger partial charge on any atom is 0.410 e. The molecular formula is C25H37FN8O4. The molecule has 3 amide bonds. The number of anilines is 3. The molecular weight excluding hydrogens is 495 g/mol. The van der Waals surface area contributed by atoms with Crippen LogP contribution in [-0.4, -0.2) is 102 Å². The Kier molecular flexibility index (Phi) is 11.0. The van der Waals surface area contributed by atoms with Crippen molar-refractivity contribution in [2.24, 2.45) is 0 Å². The van der Waals surface area contributed by atoms with Crippen LogP contribution in [0, 0.1) is 0 Å². The highest BCUT2D eigenvalue weighted by Crippen LogP contribution is 2.23. The Morgan fingerprint density at radius 2 is 1.89 bits per heavy atom. The van der Waals surface area contributed by atoms with E-state index in [-0.39, 0.29) is 24.7 Å². The molecule has 38 heavy (non-hydrogen) atoms. The largest absolute Gasteiger partial charge is 0.465 e. The standard InChI is InChI=1S/C19H24FN7O4.C6H13N/c1-26(18(28)24-15-4-3-12(9-22-15)11-31-2)14-10-27(8-6-13(14)20)17-21-7-5-16(23-17)25-19(29)30;1-7-5-3-2-4-6-7/h3-5,7,9,13-14H,6,8,10-11H2,1-2H3,(H,29,30)(H,21,23,25)(H,22,24,28);2-6H2,1H3. The van der Waals surface area contributed by atoms with Crippen LogP contribution in [-0.2, 0) is 11.3 Å². The summed E-state index contributed by atoms with van der Waals surface area (Å²) >= 11 is 0. The van der Waals surface area contributed by atoms with Gasteiger partial charge in [0.1, 0.15) is 17.8 Å². The molecule has 0 saturated carbocycles. The van der Waals surface area contributed by atoms with Gasteiger partial charge in [-0.25, -0.2) is 23.9 Å². The molecule has 2 unspecified atom stereocenters. The first-order valence-corrected chi connectivity index (χ1v) is 12.6. The van der Waals surface area contributed by atoms with E-state index in [4.69, 9.17) is 9.84 Å². The SMILES string of the molecule is CN1CCCCC1.COCc1ccc(NC(=O)N(C)C2CN(c3nccc(NC(=O)O)n3)CCC2F)nc1. The number of halogens is 1. The maximum absolute atomic E-state index is 14.7. The van der Waals surface area contributed by atoms with E-state index < -0.39 is 24.3 Å². The number of carbonyl (C=O) groups is 2. The molecule has 4 rings (SSSR count). The van der Waals surface area contributed by atoms with Crippen molar-refractivity contribution in [1.82, 2.24) is 24.8 Å². The Balaban J connectivity index is 0.000000494. The summed E-state index contributed by atoms with van der Waals surface area (Å²) in [6, 6.07) is 3.60. The molecule has 13 heteroatoms. The van der Waals surface area contributed by atoms with E-state index >= 15 is 0 Å². The number of carboxylic acid groups (broad SMARTS) is 1. The van der Waals surface area contributed by atoms with Crippen molar-refractivity contribution in [3.05, 3.63) is 36.2 Å². The first-order chi connectivity index (χ1) is 18.3. The van der Waals surface area contributed by atoms with Crippen LogP contribution in [0.25, 0.3) is 0 Å². The number of piperidine rings is 2. The normalized spacial score (nSPS) is 19.6. The van der Waals surface area contributed by atoms with E-state index in [1.54, 1.807) is 30.3 Å². The fourth-order valence-corrected chi connectivity index (χ4v) is 4.28. The monoisotopic (exact) mass is 532 g/mol. The Morgan fingerprint density at radius 3 is 2.50 bits per heavy atom. The highest BCUT2D eigenvalue weighted by Gasteiger charge is 2.35. The summed E-state index contributed by atoms with van der Waals surface area (Å²) in [7, 11) is 5.28. The molecule has 0 spiro atoms. The highest BCUT2D eigenvalue weighted by molar-refractivity contribution is 5.88. The molecule has 2 aromatic heterocycles. The van der Waals surface area contributed by atoms with Gasteiger partial charge in [-0.05, 0) is 57.1 Å². The number of likely N-dealkylation sites (N-methyl/N-ethyl adjacent to an activating group) is 1. The van der Waals surface area contributed by atoms with E-state index in [0.717, 1.165) is 5.56 Å². The van der Waals surface area contributed by atoms with Crippen molar-refractivity contribution in [3.8, 4) is 0 Å². The Labute approximate surface area is 222 Å². The van der Waals surface area contributed by atoms with Crippen molar-refractivity contribution in [3.63, 3.8) is 0 Å². The van der Waals surface area contributed by atoms with Crippen LogP contribution in [0.15, 0.2) is 30.6 Å². The number of alkyl halides is 1. The van der Waals surface area contributed by atoms with Gasteiger partial charge in [0.2, 0.25) is 5.95 Å². The van der Waals surface area contributed by atoms with Crippen LogP contribution in [0.4, 0.5) is 31.6 Å². The van der Waals surface area contributed by atoms with Crippen LogP contribution in [0.2, 0.25) is 0 Å². The molecule has 0 radical (unpaired) electrons. The number of rotatable bonds is 6. The minimum Gasteiger partial charge on any atom is -0.465 e. The molecule has 0 bridgehead atoms. The number of likely N-dealkylation sites (tertiary alicyclic amines) is 1. The van der Waals surface area contributed by atoms with Gasteiger partial charge in [0, 0.05) is 39.6 Å². The predicted octanol–water partition coefficient (Wildman–Crippen LogP) is 3.29. The third kappa shape index (κ3) is 8.77. The van der Waals surface area contributed by atoms with Gasteiger partial charge in [0.15, 0.2) is 0 Å². The minimum absolute atomic E-state index is 0.116. The third-order valence-electron chi connectivity index (χ3n) is 6.43. The molecule has 208 valence electrons. The molecule has 2 aromatic rings. The number of amides is 3. The average molecular weight is 533 g/mol. The summed E-state index contributed by atoms with van der Waals surface area (Å²) in [4.78, 5) is 41.3. The summed E-state index contributed by atoms with van der Waals surface area (Å²) < 4.78 is 19.7. The van der Waals surface area contributed by atoms with Gasteiger partial charge in [0.05, 0.1) is 12.6 Å². The molecule has 2 fully saturated rings. The maximum atomic E-state index is 14.7. The number of pyridine rings is 1. The van der Waals surface area contributed by atoms with Gasteiger partial charge in [-0.15, -0.1) is 0 Å². The number of hydrogen-bond acceptors (Lipinski definition) is 8. The number of carbonyl (C=O) groups excluding carboxylic acids is 1. The minimum atomic E-state index is -1.25. The second kappa shape index (κ2) is 14.4. The summed E-state index contributed by atoms with van der Waals surface area (Å²) in [5, 5.41) is 13.7. The zero-order valence-electron chi connectivity index (χ0n) is 22.1. The Hall–Kier alpha value is -3.58. The van der Waals surface area contributed by atoms with Gasteiger partial charge >= 0.3 is 12.1 Å². The Morgan fingerprint density at radius 1 is 1.13 bits per heavy atom. The second-order valence-electron chi connectivity index (χ2n) is 9.38. The van der Waals surface area contributed by atoms with Crippen molar-refractivity contribution in [1.29, 1.82) is 0 Å². The highest BCUT2D eigenvalue weighted by atomic mass is 19.1. The fourth-order valence-electron chi connectivity index (χ4n) is 4.28. The number of aromatic nitrogens is 3. The van der Waals surface area contributed by atoms with E-state index in [1.807, 2.05) is 0 Å².